The summed E-state index contributed by atoms with van der Waals surface area (Å²) in [6, 6.07) is 1.42. The van der Waals surface area contributed by atoms with Crippen LogP contribution in [0.2, 0.25) is 5.02 Å². The first-order valence-electron chi connectivity index (χ1n) is 5.85. The van der Waals surface area contributed by atoms with Crippen LogP contribution in [-0.4, -0.2) is 34.9 Å². The number of anilines is 1. The predicted molar refractivity (Wildman–Crippen MR) is 78.0 cm³/mol. The molecule has 0 aliphatic heterocycles. The van der Waals surface area contributed by atoms with Gasteiger partial charge in [0.25, 0.3) is 0 Å². The number of rotatable bonds is 5. The molecule has 0 fully saturated rings. The highest BCUT2D eigenvalue weighted by Crippen LogP contribution is 2.23. The normalized spacial score (nSPS) is 12.1. The first-order chi connectivity index (χ1) is 8.49. The number of nitrogens with zero attached hydrogens (tertiary/aromatic N) is 2. The van der Waals surface area contributed by atoms with Crippen LogP contribution in [0.15, 0.2) is 16.7 Å². The molecular weight excluding hydrogens is 318 g/mol. The zero-order valence-corrected chi connectivity index (χ0v) is 13.0. The summed E-state index contributed by atoms with van der Waals surface area (Å²) in [6.45, 7) is 7.16. The van der Waals surface area contributed by atoms with E-state index in [4.69, 9.17) is 11.6 Å². The van der Waals surface area contributed by atoms with Gasteiger partial charge in [-0.2, -0.15) is 0 Å². The van der Waals surface area contributed by atoms with E-state index in [0.29, 0.717) is 23.9 Å². The van der Waals surface area contributed by atoms with Gasteiger partial charge in [0.15, 0.2) is 0 Å². The van der Waals surface area contributed by atoms with Crippen LogP contribution in [0.5, 0.6) is 0 Å². The third-order valence-corrected chi connectivity index (χ3v) is 3.42. The second-order valence-electron chi connectivity index (χ2n) is 3.86. The van der Waals surface area contributed by atoms with E-state index in [9.17, 15) is 4.79 Å². The molecule has 0 aromatic carbocycles. The van der Waals surface area contributed by atoms with Crippen molar-refractivity contribution in [3.8, 4) is 0 Å². The van der Waals surface area contributed by atoms with Crippen molar-refractivity contribution < 1.29 is 4.79 Å². The molecule has 1 amide bonds. The van der Waals surface area contributed by atoms with Crippen LogP contribution < -0.4 is 5.32 Å². The van der Waals surface area contributed by atoms with E-state index in [2.05, 4.69) is 26.2 Å². The van der Waals surface area contributed by atoms with Crippen LogP contribution in [-0.2, 0) is 4.79 Å². The maximum absolute atomic E-state index is 12.1. The van der Waals surface area contributed by atoms with Gasteiger partial charge in [-0.25, -0.2) is 4.98 Å². The SMILES string of the molecule is CCN(CC)C(=O)C(C)Nc1ncc(Cl)cc1Br. The van der Waals surface area contributed by atoms with Crippen molar-refractivity contribution in [1.29, 1.82) is 0 Å². The van der Waals surface area contributed by atoms with E-state index in [-0.39, 0.29) is 11.9 Å². The molecule has 4 nitrogen and oxygen atoms in total. The number of nitrogens with one attached hydrogen (secondary N) is 1. The van der Waals surface area contributed by atoms with Gasteiger partial charge in [0.1, 0.15) is 11.9 Å². The Balaban J connectivity index is 2.75. The molecule has 1 heterocycles. The van der Waals surface area contributed by atoms with Crippen LogP contribution in [0.3, 0.4) is 0 Å². The molecule has 0 saturated heterocycles. The number of carbonyl (C=O) groups is 1. The third-order valence-electron chi connectivity index (χ3n) is 2.61. The molecular formula is C12H17BrClN3O. The highest BCUT2D eigenvalue weighted by atomic mass is 79.9. The number of hydrogen-bond donors (Lipinski definition) is 1. The average molecular weight is 335 g/mol. The summed E-state index contributed by atoms with van der Waals surface area (Å²) in [7, 11) is 0. The van der Waals surface area contributed by atoms with Crippen molar-refractivity contribution >= 4 is 39.3 Å². The molecule has 1 rings (SSSR count). The molecule has 6 heteroatoms. The van der Waals surface area contributed by atoms with Crippen LogP contribution >= 0.6 is 27.5 Å². The van der Waals surface area contributed by atoms with Crippen LogP contribution in [0.25, 0.3) is 0 Å². The topological polar surface area (TPSA) is 45.2 Å². The van der Waals surface area contributed by atoms with E-state index in [0.717, 1.165) is 4.47 Å². The van der Waals surface area contributed by atoms with E-state index >= 15 is 0 Å². The number of amides is 1. The first-order valence-corrected chi connectivity index (χ1v) is 7.03. The Morgan fingerprint density at radius 2 is 2.17 bits per heavy atom. The molecule has 18 heavy (non-hydrogen) atoms. The Labute approximate surface area is 121 Å². The summed E-state index contributed by atoms with van der Waals surface area (Å²) in [5.74, 6) is 0.677. The Morgan fingerprint density at radius 1 is 1.56 bits per heavy atom. The van der Waals surface area contributed by atoms with Gasteiger partial charge in [0.05, 0.1) is 9.50 Å². The van der Waals surface area contributed by atoms with E-state index in [1.807, 2.05) is 20.8 Å². The third kappa shape index (κ3) is 3.85. The molecule has 1 unspecified atom stereocenters. The second kappa shape index (κ2) is 6.95. The van der Waals surface area contributed by atoms with Gasteiger partial charge in [-0.1, -0.05) is 11.6 Å². The quantitative estimate of drug-likeness (QED) is 0.899. The summed E-state index contributed by atoms with van der Waals surface area (Å²) in [5.41, 5.74) is 0. The predicted octanol–water partition coefficient (Wildman–Crippen LogP) is 3.17. The highest BCUT2D eigenvalue weighted by molar-refractivity contribution is 9.10. The first kappa shape index (κ1) is 15.2. The lowest BCUT2D eigenvalue weighted by Gasteiger charge is -2.24. The summed E-state index contributed by atoms with van der Waals surface area (Å²) in [4.78, 5) is 18.0. The largest absolute Gasteiger partial charge is 0.358 e. The minimum absolute atomic E-state index is 0.0589. The molecule has 0 saturated carbocycles. The van der Waals surface area contributed by atoms with E-state index in [1.54, 1.807) is 17.2 Å². The minimum Gasteiger partial charge on any atom is -0.358 e. The number of pyridine rings is 1. The van der Waals surface area contributed by atoms with Crippen molar-refractivity contribution in [1.82, 2.24) is 9.88 Å². The average Bonchev–Trinajstić information content (AvgIpc) is 2.34. The zero-order valence-electron chi connectivity index (χ0n) is 10.7. The lowest BCUT2D eigenvalue weighted by atomic mass is 10.2. The van der Waals surface area contributed by atoms with Crippen LogP contribution in [0.4, 0.5) is 5.82 Å². The molecule has 0 radical (unpaired) electrons. The lowest BCUT2D eigenvalue weighted by molar-refractivity contribution is -0.131. The van der Waals surface area contributed by atoms with Gasteiger partial charge >= 0.3 is 0 Å². The fraction of sp³-hybridized carbons (Fsp3) is 0.500. The molecule has 100 valence electrons. The van der Waals surface area contributed by atoms with Gasteiger partial charge in [-0.3, -0.25) is 4.79 Å². The van der Waals surface area contributed by atoms with E-state index < -0.39 is 0 Å². The lowest BCUT2D eigenvalue weighted by Crippen LogP contribution is -2.41. The van der Waals surface area contributed by atoms with Crippen molar-refractivity contribution in [2.24, 2.45) is 0 Å². The van der Waals surface area contributed by atoms with Crippen molar-refractivity contribution in [3.63, 3.8) is 0 Å². The van der Waals surface area contributed by atoms with Gasteiger partial charge in [0, 0.05) is 19.3 Å². The van der Waals surface area contributed by atoms with Crippen LogP contribution in [0, 0.1) is 0 Å². The molecule has 1 atom stereocenters. The van der Waals surface area contributed by atoms with Gasteiger partial charge < -0.3 is 10.2 Å². The number of likely N-dealkylation sites (N-methyl/N-ethyl adjacent to an activating group) is 1. The monoisotopic (exact) mass is 333 g/mol. The Bertz CT molecular complexity index is 424. The fourth-order valence-electron chi connectivity index (χ4n) is 1.60. The van der Waals surface area contributed by atoms with Crippen LogP contribution in [0.1, 0.15) is 20.8 Å². The Hall–Kier alpha value is -0.810. The number of carbonyl (C=O) groups excluding carboxylic acids is 1. The number of hydrogen-bond acceptors (Lipinski definition) is 3. The summed E-state index contributed by atoms with van der Waals surface area (Å²) >= 11 is 9.18. The molecule has 1 N–H and O–H groups in total. The maximum atomic E-state index is 12.1. The fourth-order valence-corrected chi connectivity index (χ4v) is 2.35. The van der Waals surface area contributed by atoms with E-state index in [1.165, 1.54) is 0 Å². The zero-order chi connectivity index (χ0) is 13.7. The Kier molecular flexibility index (Phi) is 5.88. The molecule has 0 bridgehead atoms. The summed E-state index contributed by atoms with van der Waals surface area (Å²) in [6.07, 6.45) is 1.54. The standard InChI is InChI=1S/C12H17BrClN3O/c1-4-17(5-2)12(18)8(3)16-11-10(13)6-9(14)7-15-11/h6-8H,4-5H2,1-3H3,(H,15,16). The maximum Gasteiger partial charge on any atom is 0.244 e. The van der Waals surface area contributed by atoms with Crippen molar-refractivity contribution in [2.75, 3.05) is 18.4 Å². The highest BCUT2D eigenvalue weighted by Gasteiger charge is 2.19. The van der Waals surface area contributed by atoms with Crippen molar-refractivity contribution in [3.05, 3.63) is 21.8 Å². The molecule has 1 aromatic heterocycles. The van der Waals surface area contributed by atoms with Gasteiger partial charge in [0.2, 0.25) is 5.91 Å². The molecule has 0 spiro atoms. The molecule has 0 aliphatic rings. The number of aromatic nitrogens is 1. The summed E-state index contributed by atoms with van der Waals surface area (Å²) in [5, 5.41) is 3.63. The number of halogens is 2. The molecule has 1 aromatic rings. The second-order valence-corrected chi connectivity index (χ2v) is 5.15. The van der Waals surface area contributed by atoms with Gasteiger partial charge in [-0.15, -0.1) is 0 Å². The Morgan fingerprint density at radius 3 is 2.67 bits per heavy atom. The minimum atomic E-state index is -0.324. The molecule has 0 aliphatic carbocycles. The smallest absolute Gasteiger partial charge is 0.244 e. The van der Waals surface area contributed by atoms with Gasteiger partial charge in [-0.05, 0) is 42.8 Å². The summed E-state index contributed by atoms with van der Waals surface area (Å²) < 4.78 is 0.745. The van der Waals surface area contributed by atoms with Crippen molar-refractivity contribution in [2.45, 2.75) is 26.8 Å².